The number of carbonyl (C=O) groups is 1. The molecule has 2 aromatic rings. The maximum absolute atomic E-state index is 12.3. The standard InChI is InChI=1S/C15H9ClN2O/c16-12-7-3-1-5-10(12)15(9-17)11-6-2-4-8-13(11)18-14(15)19/h1-8H,(H,18,19). The van der Waals surface area contributed by atoms with Crippen molar-refractivity contribution in [3.63, 3.8) is 0 Å². The Bertz CT molecular complexity index is 720. The number of anilines is 1. The summed E-state index contributed by atoms with van der Waals surface area (Å²) in [5, 5.41) is 12.8. The fourth-order valence-electron chi connectivity index (χ4n) is 2.46. The minimum atomic E-state index is -1.37. The van der Waals surface area contributed by atoms with Gasteiger partial charge in [-0.25, -0.2) is 0 Å². The van der Waals surface area contributed by atoms with Gasteiger partial charge in [-0.3, -0.25) is 4.79 Å². The number of amides is 1. The van der Waals surface area contributed by atoms with Crippen LogP contribution in [0.5, 0.6) is 0 Å². The molecule has 1 aliphatic heterocycles. The zero-order chi connectivity index (χ0) is 13.5. The maximum Gasteiger partial charge on any atom is 0.254 e. The molecule has 1 aliphatic rings. The van der Waals surface area contributed by atoms with Crippen molar-refractivity contribution in [2.24, 2.45) is 0 Å². The summed E-state index contributed by atoms with van der Waals surface area (Å²) in [5.41, 5.74) is 0.459. The molecule has 1 atom stereocenters. The van der Waals surface area contributed by atoms with E-state index < -0.39 is 5.41 Å². The first-order valence-corrected chi connectivity index (χ1v) is 6.15. The molecular weight excluding hydrogens is 260 g/mol. The third-order valence-corrected chi connectivity index (χ3v) is 3.70. The fourth-order valence-corrected chi connectivity index (χ4v) is 2.74. The van der Waals surface area contributed by atoms with Crippen molar-refractivity contribution in [3.05, 3.63) is 64.7 Å². The smallest absolute Gasteiger partial charge is 0.254 e. The second-order valence-electron chi connectivity index (χ2n) is 4.34. The van der Waals surface area contributed by atoms with E-state index in [1.165, 1.54) is 0 Å². The fraction of sp³-hybridized carbons (Fsp3) is 0.0667. The molecule has 0 saturated carbocycles. The number of halogens is 1. The van der Waals surface area contributed by atoms with Gasteiger partial charge in [-0.1, -0.05) is 48.0 Å². The first-order valence-electron chi connectivity index (χ1n) is 5.77. The molecule has 4 heteroatoms. The van der Waals surface area contributed by atoms with Gasteiger partial charge in [-0.15, -0.1) is 0 Å². The lowest BCUT2D eigenvalue weighted by atomic mass is 9.77. The summed E-state index contributed by atoms with van der Waals surface area (Å²) in [6.07, 6.45) is 0. The van der Waals surface area contributed by atoms with Crippen LogP contribution in [-0.4, -0.2) is 5.91 Å². The Kier molecular flexibility index (Phi) is 2.55. The molecule has 0 bridgehead atoms. The summed E-state index contributed by atoms with van der Waals surface area (Å²) in [6.45, 7) is 0. The van der Waals surface area contributed by atoms with Crippen LogP contribution in [0.2, 0.25) is 5.02 Å². The molecule has 1 unspecified atom stereocenters. The van der Waals surface area contributed by atoms with Crippen molar-refractivity contribution in [2.45, 2.75) is 5.41 Å². The number of nitrogens with one attached hydrogen (secondary N) is 1. The predicted molar refractivity (Wildman–Crippen MR) is 72.9 cm³/mol. The molecule has 3 nitrogen and oxygen atoms in total. The van der Waals surface area contributed by atoms with Crippen molar-refractivity contribution in [1.29, 1.82) is 5.26 Å². The van der Waals surface area contributed by atoms with Gasteiger partial charge in [0.1, 0.15) is 0 Å². The van der Waals surface area contributed by atoms with Gasteiger partial charge in [-0.05, 0) is 12.1 Å². The third-order valence-electron chi connectivity index (χ3n) is 3.37. The number of hydrogen-bond donors (Lipinski definition) is 1. The topological polar surface area (TPSA) is 52.9 Å². The summed E-state index contributed by atoms with van der Waals surface area (Å²) in [6, 6.07) is 16.3. The highest BCUT2D eigenvalue weighted by Gasteiger charge is 2.49. The number of rotatable bonds is 1. The third kappa shape index (κ3) is 1.47. The van der Waals surface area contributed by atoms with E-state index in [1.807, 2.05) is 12.1 Å². The SMILES string of the molecule is N#CC1(c2ccccc2Cl)C(=O)Nc2ccccc21. The number of fused-ring (bicyclic) bond motifs is 1. The Morgan fingerprint density at radius 3 is 2.37 bits per heavy atom. The number of nitrogens with zero attached hydrogens (tertiary/aromatic N) is 1. The zero-order valence-electron chi connectivity index (χ0n) is 9.85. The summed E-state index contributed by atoms with van der Waals surface area (Å²) in [5.74, 6) is -0.357. The molecule has 0 saturated heterocycles. The van der Waals surface area contributed by atoms with Crippen LogP contribution in [0.1, 0.15) is 11.1 Å². The van der Waals surface area contributed by atoms with Gasteiger partial charge >= 0.3 is 0 Å². The van der Waals surface area contributed by atoms with Gasteiger partial charge in [0.15, 0.2) is 5.41 Å². The molecule has 1 heterocycles. The largest absolute Gasteiger partial charge is 0.324 e. The van der Waals surface area contributed by atoms with Crippen LogP contribution < -0.4 is 5.32 Å². The average molecular weight is 269 g/mol. The van der Waals surface area contributed by atoms with Gasteiger partial charge in [0, 0.05) is 21.8 Å². The van der Waals surface area contributed by atoms with Crippen LogP contribution in [0, 0.1) is 11.3 Å². The van der Waals surface area contributed by atoms with Gasteiger partial charge in [0.05, 0.1) is 6.07 Å². The molecule has 0 aromatic heterocycles. The average Bonchev–Trinajstić information content (AvgIpc) is 2.72. The first kappa shape index (κ1) is 11.8. The minimum absolute atomic E-state index is 0.357. The number of benzene rings is 2. The molecule has 1 N–H and O–H groups in total. The van der Waals surface area contributed by atoms with Gasteiger partial charge in [0.2, 0.25) is 0 Å². The normalized spacial score (nSPS) is 20.5. The lowest BCUT2D eigenvalue weighted by molar-refractivity contribution is -0.118. The quantitative estimate of drug-likeness (QED) is 0.864. The number of carbonyl (C=O) groups excluding carboxylic acids is 1. The van der Waals surface area contributed by atoms with Crippen LogP contribution in [0.25, 0.3) is 0 Å². The van der Waals surface area contributed by atoms with Gasteiger partial charge in [0.25, 0.3) is 5.91 Å². The first-order chi connectivity index (χ1) is 9.20. The van der Waals surface area contributed by atoms with E-state index in [2.05, 4.69) is 11.4 Å². The monoisotopic (exact) mass is 268 g/mol. The van der Waals surface area contributed by atoms with Gasteiger partial charge in [-0.2, -0.15) is 5.26 Å². The van der Waals surface area contributed by atoms with Crippen LogP contribution in [0.4, 0.5) is 5.69 Å². The van der Waals surface area contributed by atoms with Gasteiger partial charge < -0.3 is 5.32 Å². The second-order valence-corrected chi connectivity index (χ2v) is 4.75. The molecule has 3 rings (SSSR count). The molecule has 19 heavy (non-hydrogen) atoms. The van der Waals surface area contributed by atoms with Crippen molar-refractivity contribution >= 4 is 23.2 Å². The molecule has 2 aromatic carbocycles. The lowest BCUT2D eigenvalue weighted by Crippen LogP contribution is -2.34. The highest BCUT2D eigenvalue weighted by atomic mass is 35.5. The molecule has 0 spiro atoms. The zero-order valence-corrected chi connectivity index (χ0v) is 10.6. The maximum atomic E-state index is 12.3. The lowest BCUT2D eigenvalue weighted by Gasteiger charge is -2.20. The molecule has 0 aliphatic carbocycles. The predicted octanol–water partition coefficient (Wildman–Crippen LogP) is 3.10. The molecule has 92 valence electrons. The van der Waals surface area contributed by atoms with Crippen LogP contribution in [0.3, 0.4) is 0 Å². The number of para-hydroxylation sites is 1. The van der Waals surface area contributed by atoms with E-state index in [1.54, 1.807) is 36.4 Å². The van der Waals surface area contributed by atoms with E-state index in [0.29, 0.717) is 21.8 Å². The summed E-state index contributed by atoms with van der Waals surface area (Å²) >= 11 is 6.17. The van der Waals surface area contributed by atoms with Crippen LogP contribution >= 0.6 is 11.6 Å². The van der Waals surface area contributed by atoms with E-state index in [0.717, 1.165) is 0 Å². The van der Waals surface area contributed by atoms with Crippen molar-refractivity contribution in [2.75, 3.05) is 5.32 Å². The summed E-state index contributed by atoms with van der Waals surface area (Å²) in [7, 11) is 0. The van der Waals surface area contributed by atoms with Crippen molar-refractivity contribution < 1.29 is 4.79 Å². The molecule has 0 radical (unpaired) electrons. The highest BCUT2D eigenvalue weighted by molar-refractivity contribution is 6.32. The second kappa shape index (κ2) is 4.11. The summed E-state index contributed by atoms with van der Waals surface area (Å²) in [4.78, 5) is 12.3. The highest BCUT2D eigenvalue weighted by Crippen LogP contribution is 2.44. The van der Waals surface area contributed by atoms with Crippen LogP contribution in [0.15, 0.2) is 48.5 Å². The Morgan fingerprint density at radius 2 is 1.68 bits per heavy atom. The minimum Gasteiger partial charge on any atom is -0.324 e. The molecule has 1 amide bonds. The molecule has 0 fully saturated rings. The Hall–Kier alpha value is -2.31. The summed E-state index contributed by atoms with van der Waals surface area (Å²) < 4.78 is 0. The van der Waals surface area contributed by atoms with E-state index >= 15 is 0 Å². The Morgan fingerprint density at radius 1 is 1.05 bits per heavy atom. The Balaban J connectivity index is 2.35. The molecular formula is C15H9ClN2O. The van der Waals surface area contributed by atoms with Crippen molar-refractivity contribution in [1.82, 2.24) is 0 Å². The van der Waals surface area contributed by atoms with Crippen LogP contribution in [-0.2, 0) is 10.2 Å². The number of hydrogen-bond acceptors (Lipinski definition) is 2. The number of nitriles is 1. The van der Waals surface area contributed by atoms with Crippen molar-refractivity contribution in [3.8, 4) is 6.07 Å². The Labute approximate surface area is 115 Å². The van der Waals surface area contributed by atoms with E-state index in [4.69, 9.17) is 11.6 Å². The van der Waals surface area contributed by atoms with E-state index in [9.17, 15) is 10.1 Å². The van der Waals surface area contributed by atoms with E-state index in [-0.39, 0.29) is 5.91 Å².